The zero-order chi connectivity index (χ0) is 15.2. The number of nitrogens with one attached hydrogen (secondary N) is 2. The summed E-state index contributed by atoms with van der Waals surface area (Å²) in [5, 5.41) is 15.2. The summed E-state index contributed by atoms with van der Waals surface area (Å²) >= 11 is 6.11. The zero-order valence-corrected chi connectivity index (χ0v) is 13.0. The highest BCUT2D eigenvalue weighted by molar-refractivity contribution is 6.34. The fourth-order valence-corrected chi connectivity index (χ4v) is 1.93. The number of halogens is 1. The van der Waals surface area contributed by atoms with Crippen molar-refractivity contribution >= 4 is 23.3 Å². The summed E-state index contributed by atoms with van der Waals surface area (Å²) in [6.45, 7) is 6.61. The van der Waals surface area contributed by atoms with Gasteiger partial charge in [0, 0.05) is 13.2 Å². The Hall–Kier alpha value is -1.26. The molecule has 0 bridgehead atoms. The van der Waals surface area contributed by atoms with Gasteiger partial charge in [-0.2, -0.15) is 0 Å². The van der Waals surface area contributed by atoms with Gasteiger partial charge in [0.1, 0.15) is 0 Å². The largest absolute Gasteiger partial charge is 0.396 e. The van der Waals surface area contributed by atoms with Gasteiger partial charge in [0.25, 0.3) is 0 Å². The summed E-state index contributed by atoms with van der Waals surface area (Å²) in [5.41, 5.74) is 1.44. The molecule has 4 nitrogen and oxygen atoms in total. The van der Waals surface area contributed by atoms with Crippen molar-refractivity contribution in [2.24, 2.45) is 5.41 Å². The van der Waals surface area contributed by atoms with Crippen molar-refractivity contribution < 1.29 is 9.90 Å². The first kappa shape index (κ1) is 16.8. The van der Waals surface area contributed by atoms with E-state index < -0.39 is 0 Å². The number of urea groups is 1. The standard InChI is InChI=1S/C15H23ClN2O2/c1-11-6-4-7-12(13(11)16)18-14(20)17-9-5-8-15(2,3)10-19/h4,6-7,19H,5,8-10H2,1-3H3,(H2,17,18,20). The third-order valence-corrected chi connectivity index (χ3v) is 3.69. The van der Waals surface area contributed by atoms with Crippen LogP contribution in [0.25, 0.3) is 0 Å². The fourth-order valence-electron chi connectivity index (χ4n) is 1.76. The Morgan fingerprint density at radius 1 is 1.40 bits per heavy atom. The second-order valence-corrected chi connectivity index (χ2v) is 6.12. The molecule has 0 saturated heterocycles. The Morgan fingerprint density at radius 3 is 2.75 bits per heavy atom. The highest BCUT2D eigenvalue weighted by Crippen LogP contribution is 2.25. The molecule has 20 heavy (non-hydrogen) atoms. The molecule has 0 unspecified atom stereocenters. The van der Waals surface area contributed by atoms with Crippen LogP contribution >= 0.6 is 11.6 Å². The van der Waals surface area contributed by atoms with Gasteiger partial charge in [-0.3, -0.25) is 0 Å². The van der Waals surface area contributed by atoms with Crippen molar-refractivity contribution in [1.82, 2.24) is 5.32 Å². The smallest absolute Gasteiger partial charge is 0.319 e. The molecule has 112 valence electrons. The Labute approximate surface area is 125 Å². The molecule has 0 aliphatic carbocycles. The first-order valence-electron chi connectivity index (χ1n) is 6.76. The van der Waals surface area contributed by atoms with E-state index in [1.54, 1.807) is 6.07 Å². The lowest BCUT2D eigenvalue weighted by atomic mass is 9.89. The summed E-state index contributed by atoms with van der Waals surface area (Å²) < 4.78 is 0. The van der Waals surface area contributed by atoms with Crippen LogP contribution < -0.4 is 10.6 Å². The van der Waals surface area contributed by atoms with Crippen LogP contribution in [0.5, 0.6) is 0 Å². The number of hydrogen-bond acceptors (Lipinski definition) is 2. The van der Waals surface area contributed by atoms with Crippen LogP contribution in [0.2, 0.25) is 5.02 Å². The van der Waals surface area contributed by atoms with Crippen molar-refractivity contribution in [3.63, 3.8) is 0 Å². The summed E-state index contributed by atoms with van der Waals surface area (Å²) in [4.78, 5) is 11.7. The number of aryl methyl sites for hydroxylation is 1. The van der Waals surface area contributed by atoms with Crippen molar-refractivity contribution in [3.05, 3.63) is 28.8 Å². The van der Waals surface area contributed by atoms with E-state index in [-0.39, 0.29) is 18.1 Å². The first-order chi connectivity index (χ1) is 9.35. The molecule has 5 heteroatoms. The van der Waals surface area contributed by atoms with Crippen molar-refractivity contribution in [2.75, 3.05) is 18.5 Å². The van der Waals surface area contributed by atoms with Gasteiger partial charge in [0.05, 0.1) is 10.7 Å². The fraction of sp³-hybridized carbons (Fsp3) is 0.533. The maximum absolute atomic E-state index is 11.7. The molecular weight excluding hydrogens is 276 g/mol. The number of aliphatic hydroxyl groups is 1. The van der Waals surface area contributed by atoms with Crippen LogP contribution in [0.1, 0.15) is 32.3 Å². The quantitative estimate of drug-likeness (QED) is 0.703. The molecule has 3 N–H and O–H groups in total. The molecule has 0 aromatic heterocycles. The first-order valence-corrected chi connectivity index (χ1v) is 7.14. The molecule has 0 atom stereocenters. The van der Waals surface area contributed by atoms with Gasteiger partial charge in [0.2, 0.25) is 0 Å². The molecule has 0 saturated carbocycles. The molecule has 0 aliphatic rings. The van der Waals surface area contributed by atoms with Gasteiger partial charge in [-0.05, 0) is 36.8 Å². The van der Waals surface area contributed by atoms with E-state index in [0.717, 1.165) is 18.4 Å². The summed E-state index contributed by atoms with van der Waals surface area (Å²) in [7, 11) is 0. The van der Waals surface area contributed by atoms with Gasteiger partial charge >= 0.3 is 6.03 Å². The Kier molecular flexibility index (Phi) is 6.30. The lowest BCUT2D eigenvalue weighted by Gasteiger charge is -2.21. The highest BCUT2D eigenvalue weighted by atomic mass is 35.5. The van der Waals surface area contributed by atoms with Gasteiger partial charge in [-0.15, -0.1) is 0 Å². The molecule has 1 aromatic carbocycles. The van der Waals surface area contributed by atoms with E-state index in [1.807, 2.05) is 32.9 Å². The monoisotopic (exact) mass is 298 g/mol. The number of hydrogen-bond donors (Lipinski definition) is 3. The predicted molar refractivity (Wildman–Crippen MR) is 83.3 cm³/mol. The number of benzene rings is 1. The predicted octanol–water partition coefficient (Wildman–Crippen LogP) is 3.57. The molecule has 0 heterocycles. The van der Waals surface area contributed by atoms with Crippen LogP contribution in [0, 0.1) is 12.3 Å². The maximum atomic E-state index is 11.7. The SMILES string of the molecule is Cc1cccc(NC(=O)NCCCC(C)(C)CO)c1Cl. The van der Waals surface area contributed by atoms with E-state index in [1.165, 1.54) is 0 Å². The minimum absolute atomic E-state index is 0.0992. The molecule has 1 aromatic rings. The highest BCUT2D eigenvalue weighted by Gasteiger charge is 2.15. The number of aliphatic hydroxyl groups excluding tert-OH is 1. The second-order valence-electron chi connectivity index (χ2n) is 5.74. The van der Waals surface area contributed by atoms with Crippen molar-refractivity contribution in [2.45, 2.75) is 33.6 Å². The molecule has 0 radical (unpaired) electrons. The molecule has 2 amide bonds. The van der Waals surface area contributed by atoms with Gasteiger partial charge in [-0.1, -0.05) is 37.6 Å². The Balaban J connectivity index is 2.36. The van der Waals surface area contributed by atoms with Gasteiger partial charge in [0.15, 0.2) is 0 Å². The molecular formula is C15H23ClN2O2. The van der Waals surface area contributed by atoms with E-state index in [4.69, 9.17) is 16.7 Å². The summed E-state index contributed by atoms with van der Waals surface area (Å²) in [6.07, 6.45) is 1.68. The van der Waals surface area contributed by atoms with Crippen molar-refractivity contribution in [1.29, 1.82) is 0 Å². The van der Waals surface area contributed by atoms with Crippen LogP contribution in [-0.2, 0) is 0 Å². The molecule has 1 rings (SSSR count). The van der Waals surface area contributed by atoms with E-state index in [2.05, 4.69) is 10.6 Å². The number of anilines is 1. The van der Waals surface area contributed by atoms with Crippen molar-refractivity contribution in [3.8, 4) is 0 Å². The maximum Gasteiger partial charge on any atom is 0.319 e. The summed E-state index contributed by atoms with van der Waals surface area (Å²) in [5.74, 6) is 0. The van der Waals surface area contributed by atoms with Crippen LogP contribution in [0.4, 0.5) is 10.5 Å². The second kappa shape index (κ2) is 7.50. The topological polar surface area (TPSA) is 61.4 Å². The minimum Gasteiger partial charge on any atom is -0.396 e. The number of amides is 2. The Morgan fingerprint density at radius 2 is 2.10 bits per heavy atom. The average Bonchev–Trinajstić information content (AvgIpc) is 2.40. The normalized spacial score (nSPS) is 11.2. The Bertz CT molecular complexity index is 461. The van der Waals surface area contributed by atoms with Crippen LogP contribution in [0.3, 0.4) is 0 Å². The zero-order valence-electron chi connectivity index (χ0n) is 12.3. The molecule has 0 spiro atoms. The number of carbonyl (C=O) groups is 1. The molecule has 0 fully saturated rings. The van der Waals surface area contributed by atoms with Gasteiger partial charge in [-0.25, -0.2) is 4.79 Å². The van der Waals surface area contributed by atoms with Gasteiger partial charge < -0.3 is 15.7 Å². The molecule has 0 aliphatic heterocycles. The summed E-state index contributed by atoms with van der Waals surface area (Å²) in [6, 6.07) is 5.24. The van der Waals surface area contributed by atoms with Crippen LogP contribution in [0.15, 0.2) is 18.2 Å². The van der Waals surface area contributed by atoms with E-state index in [0.29, 0.717) is 17.3 Å². The van der Waals surface area contributed by atoms with E-state index in [9.17, 15) is 4.79 Å². The number of carbonyl (C=O) groups excluding carboxylic acids is 1. The van der Waals surface area contributed by atoms with Crippen LogP contribution in [-0.4, -0.2) is 24.3 Å². The number of rotatable bonds is 6. The minimum atomic E-state index is -0.265. The average molecular weight is 299 g/mol. The lowest BCUT2D eigenvalue weighted by Crippen LogP contribution is -2.30. The van der Waals surface area contributed by atoms with E-state index >= 15 is 0 Å². The third-order valence-electron chi connectivity index (χ3n) is 3.18. The third kappa shape index (κ3) is 5.39. The lowest BCUT2D eigenvalue weighted by molar-refractivity contribution is 0.148.